The third-order valence-electron chi connectivity index (χ3n) is 3.71. The zero-order valence-electron chi connectivity index (χ0n) is 14.9. The van der Waals surface area contributed by atoms with Crippen molar-refractivity contribution >= 4 is 5.97 Å². The van der Waals surface area contributed by atoms with E-state index in [-0.39, 0.29) is 6.42 Å². The first-order chi connectivity index (χ1) is 11.6. The Labute approximate surface area is 146 Å². The first-order valence-corrected chi connectivity index (χ1v) is 9.10. The van der Waals surface area contributed by atoms with E-state index >= 15 is 0 Å². The van der Waals surface area contributed by atoms with E-state index in [4.69, 9.17) is 5.11 Å². The van der Waals surface area contributed by atoms with Gasteiger partial charge in [0.25, 0.3) is 0 Å². The number of aliphatic hydroxyl groups excluding tert-OH is 2. The van der Waals surface area contributed by atoms with Gasteiger partial charge in [0.2, 0.25) is 0 Å². The van der Waals surface area contributed by atoms with Gasteiger partial charge < -0.3 is 15.3 Å². The predicted molar refractivity (Wildman–Crippen MR) is 98.9 cm³/mol. The Hall–Kier alpha value is -1.39. The summed E-state index contributed by atoms with van der Waals surface area (Å²) in [6, 6.07) is 0. The third kappa shape index (κ3) is 15.5. The molecule has 2 atom stereocenters. The molecular weight excluding hydrogens is 304 g/mol. The van der Waals surface area contributed by atoms with Crippen molar-refractivity contribution < 1.29 is 20.1 Å². The second kappa shape index (κ2) is 16.5. The van der Waals surface area contributed by atoms with Crippen LogP contribution in [0.3, 0.4) is 0 Å². The van der Waals surface area contributed by atoms with Crippen LogP contribution in [0.5, 0.6) is 0 Å². The molecule has 24 heavy (non-hydrogen) atoms. The van der Waals surface area contributed by atoms with Crippen LogP contribution in [0.4, 0.5) is 0 Å². The van der Waals surface area contributed by atoms with Crippen molar-refractivity contribution in [2.45, 2.75) is 83.3 Å². The normalized spacial score (nSPS) is 14.8. The maximum Gasteiger partial charge on any atom is 0.303 e. The Morgan fingerprint density at radius 1 is 0.833 bits per heavy atom. The van der Waals surface area contributed by atoms with Crippen LogP contribution in [-0.4, -0.2) is 33.5 Å². The topological polar surface area (TPSA) is 77.8 Å². The fourth-order valence-corrected chi connectivity index (χ4v) is 2.18. The zero-order chi connectivity index (χ0) is 18.0. The minimum atomic E-state index is -0.790. The number of aliphatic hydroxyl groups is 2. The van der Waals surface area contributed by atoms with Crippen LogP contribution in [0, 0.1) is 0 Å². The van der Waals surface area contributed by atoms with E-state index in [0.717, 1.165) is 12.8 Å². The number of hydrogen-bond donors (Lipinski definition) is 3. The van der Waals surface area contributed by atoms with E-state index in [1.165, 1.54) is 19.3 Å². The Morgan fingerprint density at radius 3 is 2.00 bits per heavy atom. The van der Waals surface area contributed by atoms with E-state index < -0.39 is 18.2 Å². The Balaban J connectivity index is 3.70. The van der Waals surface area contributed by atoms with Gasteiger partial charge in [-0.2, -0.15) is 0 Å². The Morgan fingerprint density at radius 2 is 1.38 bits per heavy atom. The monoisotopic (exact) mass is 338 g/mol. The van der Waals surface area contributed by atoms with Crippen molar-refractivity contribution in [1.29, 1.82) is 0 Å². The second-order valence-corrected chi connectivity index (χ2v) is 6.04. The first kappa shape index (κ1) is 22.6. The van der Waals surface area contributed by atoms with Gasteiger partial charge in [-0.3, -0.25) is 4.79 Å². The van der Waals surface area contributed by atoms with Crippen molar-refractivity contribution in [3.05, 3.63) is 36.5 Å². The molecule has 0 spiro atoms. The van der Waals surface area contributed by atoms with Crippen LogP contribution < -0.4 is 0 Å². The average Bonchev–Trinajstić information content (AvgIpc) is 2.55. The maximum absolute atomic E-state index is 10.3. The molecule has 0 rings (SSSR count). The van der Waals surface area contributed by atoms with E-state index in [1.807, 2.05) is 18.2 Å². The summed E-state index contributed by atoms with van der Waals surface area (Å²) in [5.41, 5.74) is 0. The lowest BCUT2D eigenvalue weighted by Crippen LogP contribution is -2.24. The molecule has 138 valence electrons. The molecule has 0 radical (unpaired) electrons. The molecule has 4 nitrogen and oxygen atoms in total. The second-order valence-electron chi connectivity index (χ2n) is 6.04. The van der Waals surface area contributed by atoms with Crippen molar-refractivity contribution in [2.24, 2.45) is 0 Å². The number of carboxylic acids is 1. The molecular formula is C20H34O4. The molecule has 0 heterocycles. The lowest BCUT2D eigenvalue weighted by atomic mass is 10.1. The standard InChI is InChI=1S/C20H34O4/c1-2-3-4-5-6-7-8-9-12-15-18(21)19(22)16-13-10-11-14-17-20(23)24/h6-7,9-10,12-13,18-19,21-22H,2-5,8,11,14-17H2,1H3,(H,23,24)/b7-6-,12-9-,13-10-. The third-order valence-corrected chi connectivity index (χ3v) is 3.71. The summed E-state index contributed by atoms with van der Waals surface area (Å²) in [4.78, 5) is 10.3. The maximum atomic E-state index is 10.3. The molecule has 0 aromatic rings. The van der Waals surface area contributed by atoms with Crippen molar-refractivity contribution in [2.75, 3.05) is 0 Å². The summed E-state index contributed by atoms with van der Waals surface area (Å²) in [7, 11) is 0. The molecule has 4 heteroatoms. The summed E-state index contributed by atoms with van der Waals surface area (Å²) in [5, 5.41) is 28.2. The predicted octanol–water partition coefficient (Wildman–Crippen LogP) is 4.38. The lowest BCUT2D eigenvalue weighted by molar-refractivity contribution is -0.137. The number of unbranched alkanes of at least 4 members (excludes halogenated alkanes) is 4. The minimum absolute atomic E-state index is 0.160. The molecule has 0 aromatic heterocycles. The van der Waals surface area contributed by atoms with E-state index in [9.17, 15) is 15.0 Å². The smallest absolute Gasteiger partial charge is 0.303 e. The average molecular weight is 338 g/mol. The molecule has 3 N–H and O–H groups in total. The highest BCUT2D eigenvalue weighted by Gasteiger charge is 2.12. The molecule has 0 amide bonds. The molecule has 0 saturated heterocycles. The van der Waals surface area contributed by atoms with Crippen LogP contribution in [0.25, 0.3) is 0 Å². The van der Waals surface area contributed by atoms with E-state index in [0.29, 0.717) is 25.7 Å². The zero-order valence-corrected chi connectivity index (χ0v) is 14.9. The molecule has 0 bridgehead atoms. The van der Waals surface area contributed by atoms with Gasteiger partial charge in [0.1, 0.15) is 0 Å². The van der Waals surface area contributed by atoms with Gasteiger partial charge in [0.05, 0.1) is 12.2 Å². The van der Waals surface area contributed by atoms with Crippen molar-refractivity contribution in [3.8, 4) is 0 Å². The summed E-state index contributed by atoms with van der Waals surface area (Å²) >= 11 is 0. The van der Waals surface area contributed by atoms with Crippen LogP contribution in [0.15, 0.2) is 36.5 Å². The van der Waals surface area contributed by atoms with Crippen LogP contribution in [0.1, 0.15) is 71.1 Å². The lowest BCUT2D eigenvalue weighted by Gasteiger charge is -2.14. The molecule has 0 aliphatic carbocycles. The van der Waals surface area contributed by atoms with Gasteiger partial charge in [0, 0.05) is 6.42 Å². The molecule has 2 unspecified atom stereocenters. The van der Waals surface area contributed by atoms with Crippen LogP contribution >= 0.6 is 0 Å². The van der Waals surface area contributed by atoms with Crippen LogP contribution in [0.2, 0.25) is 0 Å². The number of hydrogen-bond acceptors (Lipinski definition) is 3. The van der Waals surface area contributed by atoms with Crippen molar-refractivity contribution in [1.82, 2.24) is 0 Å². The highest BCUT2D eigenvalue weighted by Crippen LogP contribution is 2.07. The first-order valence-electron chi connectivity index (χ1n) is 9.10. The summed E-state index contributed by atoms with van der Waals surface area (Å²) < 4.78 is 0. The Bertz CT molecular complexity index is 385. The van der Waals surface area contributed by atoms with Gasteiger partial charge in [-0.25, -0.2) is 0 Å². The Kier molecular flexibility index (Phi) is 15.5. The largest absolute Gasteiger partial charge is 0.481 e. The van der Waals surface area contributed by atoms with Gasteiger partial charge in [0.15, 0.2) is 0 Å². The summed E-state index contributed by atoms with van der Waals surface area (Å²) in [5.74, 6) is -0.790. The van der Waals surface area contributed by atoms with Gasteiger partial charge in [-0.05, 0) is 44.9 Å². The summed E-state index contributed by atoms with van der Waals surface area (Å²) in [6.07, 6.45) is 18.4. The van der Waals surface area contributed by atoms with Crippen molar-refractivity contribution in [3.63, 3.8) is 0 Å². The molecule has 0 aromatic carbocycles. The van der Waals surface area contributed by atoms with E-state index in [1.54, 1.807) is 6.08 Å². The number of aliphatic carboxylic acids is 1. The fraction of sp³-hybridized carbons (Fsp3) is 0.650. The minimum Gasteiger partial charge on any atom is -0.481 e. The molecule has 0 aliphatic heterocycles. The number of allylic oxidation sites excluding steroid dienone is 4. The molecule has 0 fully saturated rings. The number of carboxylic acid groups (broad SMARTS) is 1. The van der Waals surface area contributed by atoms with Crippen LogP contribution in [-0.2, 0) is 4.79 Å². The number of carbonyl (C=O) groups is 1. The SMILES string of the molecule is CCCCC/C=C\C/C=C\CC(O)C(O)C/C=C\CCCC(=O)O. The van der Waals surface area contributed by atoms with E-state index in [2.05, 4.69) is 19.1 Å². The van der Waals surface area contributed by atoms with Gasteiger partial charge >= 0.3 is 5.97 Å². The molecule has 0 aliphatic rings. The molecule has 0 saturated carbocycles. The highest BCUT2D eigenvalue weighted by molar-refractivity contribution is 5.66. The number of rotatable bonds is 15. The quantitative estimate of drug-likeness (QED) is 0.306. The highest BCUT2D eigenvalue weighted by atomic mass is 16.4. The van der Waals surface area contributed by atoms with Gasteiger partial charge in [-0.15, -0.1) is 0 Å². The summed E-state index contributed by atoms with van der Waals surface area (Å²) in [6.45, 7) is 2.20. The fourth-order valence-electron chi connectivity index (χ4n) is 2.18. The van der Waals surface area contributed by atoms with Gasteiger partial charge in [-0.1, -0.05) is 56.2 Å².